The second-order valence-electron chi connectivity index (χ2n) is 6.84. The normalized spacial score (nSPS) is 10.7. The zero-order valence-electron chi connectivity index (χ0n) is 16.9. The molecule has 0 radical (unpaired) electrons. The average Bonchev–Trinajstić information content (AvgIpc) is 2.75. The van der Waals surface area contributed by atoms with Crippen molar-refractivity contribution in [3.63, 3.8) is 0 Å². The Morgan fingerprint density at radius 2 is 1.76 bits per heavy atom. The van der Waals surface area contributed by atoms with Crippen LogP contribution in [0.25, 0.3) is 10.9 Å². The van der Waals surface area contributed by atoms with E-state index >= 15 is 0 Å². The number of aromatic amines is 1. The van der Waals surface area contributed by atoms with Crippen molar-refractivity contribution in [1.29, 1.82) is 0 Å². The van der Waals surface area contributed by atoms with E-state index in [2.05, 4.69) is 9.97 Å². The number of amides is 1. The largest absolute Gasteiger partial charge is 0.493 e. The lowest BCUT2D eigenvalue weighted by molar-refractivity contribution is -0.129. The highest BCUT2D eigenvalue weighted by Crippen LogP contribution is 2.31. The Morgan fingerprint density at radius 3 is 2.45 bits per heavy atom. The summed E-state index contributed by atoms with van der Waals surface area (Å²) in [6.45, 7) is 0.619. The van der Waals surface area contributed by atoms with E-state index in [9.17, 15) is 9.59 Å². The number of ether oxygens (including phenoxy) is 2. The van der Waals surface area contributed by atoms with Crippen molar-refractivity contribution < 1.29 is 14.3 Å². The first kappa shape index (κ1) is 20.4. The van der Waals surface area contributed by atoms with Crippen LogP contribution in [-0.4, -0.2) is 48.6 Å². The van der Waals surface area contributed by atoms with Crippen LogP contribution in [0.4, 0.5) is 0 Å². The number of carbonyl (C=O) groups is 1. The minimum atomic E-state index is -0.197. The molecule has 0 bridgehead atoms. The highest BCUT2D eigenvalue weighted by atomic mass is 16.5. The van der Waals surface area contributed by atoms with Gasteiger partial charge in [-0.25, -0.2) is 0 Å². The smallest absolute Gasteiger partial charge is 0.251 e. The Labute approximate surface area is 169 Å². The maximum atomic E-state index is 12.5. The summed E-state index contributed by atoms with van der Waals surface area (Å²) in [6, 6.07) is 9.24. The first-order valence-electron chi connectivity index (χ1n) is 9.42. The van der Waals surface area contributed by atoms with E-state index in [1.165, 1.54) is 0 Å². The van der Waals surface area contributed by atoms with E-state index in [1.54, 1.807) is 50.7 Å². The number of aryl methyl sites for hydroxylation is 1. The lowest BCUT2D eigenvalue weighted by Crippen LogP contribution is -2.29. The topological polar surface area (TPSA) is 84.5 Å². The second kappa shape index (κ2) is 9.23. The Balaban J connectivity index is 1.66. The summed E-state index contributed by atoms with van der Waals surface area (Å²) >= 11 is 0. The number of methoxy groups -OCH3 is 2. The van der Waals surface area contributed by atoms with Crippen LogP contribution >= 0.6 is 0 Å². The van der Waals surface area contributed by atoms with Gasteiger partial charge >= 0.3 is 0 Å². The molecule has 0 aliphatic rings. The number of hydrogen-bond donors (Lipinski definition) is 1. The van der Waals surface area contributed by atoms with Gasteiger partial charge in [0.1, 0.15) is 0 Å². The molecule has 152 valence electrons. The van der Waals surface area contributed by atoms with Crippen LogP contribution in [0.15, 0.2) is 47.5 Å². The van der Waals surface area contributed by atoms with E-state index in [4.69, 9.17) is 9.47 Å². The van der Waals surface area contributed by atoms with Crippen molar-refractivity contribution in [2.75, 3.05) is 27.8 Å². The van der Waals surface area contributed by atoms with E-state index in [1.807, 2.05) is 18.2 Å². The molecule has 7 heteroatoms. The number of likely N-dealkylation sites (N-methyl/N-ethyl adjacent to an activating group) is 1. The SMILES string of the molecule is COc1cc2cc(CCC(=O)N(C)CCc3ccncc3)c(=O)[nH]c2cc1OC. The number of pyridine rings is 2. The van der Waals surface area contributed by atoms with Gasteiger partial charge in [0.15, 0.2) is 11.5 Å². The van der Waals surface area contributed by atoms with E-state index in [0.717, 1.165) is 17.4 Å². The summed E-state index contributed by atoms with van der Waals surface area (Å²) in [6.07, 6.45) is 4.90. The summed E-state index contributed by atoms with van der Waals surface area (Å²) in [5.74, 6) is 1.14. The Kier molecular flexibility index (Phi) is 6.49. The van der Waals surface area contributed by atoms with E-state index < -0.39 is 0 Å². The predicted molar refractivity (Wildman–Crippen MR) is 112 cm³/mol. The van der Waals surface area contributed by atoms with Gasteiger partial charge in [0.05, 0.1) is 19.7 Å². The number of nitrogens with one attached hydrogen (secondary N) is 1. The minimum absolute atomic E-state index is 0.00543. The molecular formula is C22H25N3O4. The molecule has 0 atom stereocenters. The summed E-state index contributed by atoms with van der Waals surface area (Å²) in [4.78, 5) is 33.4. The highest BCUT2D eigenvalue weighted by Gasteiger charge is 2.13. The minimum Gasteiger partial charge on any atom is -0.493 e. The van der Waals surface area contributed by atoms with Crippen molar-refractivity contribution >= 4 is 16.8 Å². The van der Waals surface area contributed by atoms with Crippen molar-refractivity contribution in [2.24, 2.45) is 0 Å². The molecule has 0 aliphatic carbocycles. The molecule has 0 aliphatic heterocycles. The number of rotatable bonds is 8. The van der Waals surface area contributed by atoms with Gasteiger partial charge in [-0.3, -0.25) is 14.6 Å². The summed E-state index contributed by atoms with van der Waals surface area (Å²) in [5.41, 5.74) is 2.17. The van der Waals surface area contributed by atoms with Crippen LogP contribution in [0.2, 0.25) is 0 Å². The third kappa shape index (κ3) is 4.93. The molecule has 1 aromatic carbocycles. The number of carbonyl (C=O) groups excluding carboxylic acids is 1. The maximum absolute atomic E-state index is 12.5. The third-order valence-corrected chi connectivity index (χ3v) is 4.94. The zero-order chi connectivity index (χ0) is 20.8. The number of benzene rings is 1. The molecule has 0 fully saturated rings. The van der Waals surface area contributed by atoms with Crippen LogP contribution in [-0.2, 0) is 17.6 Å². The molecule has 1 amide bonds. The second-order valence-corrected chi connectivity index (χ2v) is 6.84. The van der Waals surface area contributed by atoms with Crippen LogP contribution in [0.5, 0.6) is 11.5 Å². The van der Waals surface area contributed by atoms with Crippen LogP contribution in [0.3, 0.4) is 0 Å². The average molecular weight is 395 g/mol. The fraction of sp³-hybridized carbons (Fsp3) is 0.318. The first-order chi connectivity index (χ1) is 14.0. The molecule has 0 saturated heterocycles. The lowest BCUT2D eigenvalue weighted by Gasteiger charge is -2.17. The molecule has 0 unspecified atom stereocenters. The molecule has 1 N–H and O–H groups in total. The molecule has 7 nitrogen and oxygen atoms in total. The molecule has 29 heavy (non-hydrogen) atoms. The summed E-state index contributed by atoms with van der Waals surface area (Å²) in [5, 5.41) is 0.829. The monoisotopic (exact) mass is 395 g/mol. The number of hydrogen-bond acceptors (Lipinski definition) is 5. The van der Waals surface area contributed by atoms with Gasteiger partial charge in [-0.05, 0) is 42.7 Å². The van der Waals surface area contributed by atoms with Crippen LogP contribution in [0.1, 0.15) is 17.5 Å². The first-order valence-corrected chi connectivity index (χ1v) is 9.42. The van der Waals surface area contributed by atoms with Crippen molar-refractivity contribution in [2.45, 2.75) is 19.3 Å². The third-order valence-electron chi connectivity index (χ3n) is 4.94. The Hall–Kier alpha value is -3.35. The van der Waals surface area contributed by atoms with Gasteiger partial charge in [-0.1, -0.05) is 0 Å². The molecule has 3 aromatic rings. The fourth-order valence-corrected chi connectivity index (χ4v) is 3.17. The van der Waals surface area contributed by atoms with Crippen molar-refractivity contribution in [1.82, 2.24) is 14.9 Å². The van der Waals surface area contributed by atoms with Gasteiger partial charge < -0.3 is 19.4 Å². The number of fused-ring (bicyclic) bond motifs is 1. The van der Waals surface area contributed by atoms with Gasteiger partial charge in [0, 0.05) is 49.4 Å². The van der Waals surface area contributed by atoms with E-state index in [0.29, 0.717) is 35.5 Å². The number of aromatic nitrogens is 2. The highest BCUT2D eigenvalue weighted by molar-refractivity contribution is 5.83. The summed E-state index contributed by atoms with van der Waals surface area (Å²) < 4.78 is 10.6. The molecule has 2 aromatic heterocycles. The summed E-state index contributed by atoms with van der Waals surface area (Å²) in [7, 11) is 4.90. The zero-order valence-corrected chi connectivity index (χ0v) is 16.9. The molecule has 2 heterocycles. The fourth-order valence-electron chi connectivity index (χ4n) is 3.17. The van der Waals surface area contributed by atoms with Crippen molar-refractivity contribution in [3.8, 4) is 11.5 Å². The van der Waals surface area contributed by atoms with Crippen LogP contribution in [0, 0.1) is 0 Å². The molecule has 3 rings (SSSR count). The number of H-pyrrole nitrogens is 1. The lowest BCUT2D eigenvalue weighted by atomic mass is 10.1. The molecular weight excluding hydrogens is 370 g/mol. The van der Waals surface area contributed by atoms with E-state index in [-0.39, 0.29) is 17.9 Å². The Bertz CT molecular complexity index is 1050. The van der Waals surface area contributed by atoms with Gasteiger partial charge in [-0.2, -0.15) is 0 Å². The Morgan fingerprint density at radius 1 is 1.07 bits per heavy atom. The number of nitrogens with zero attached hydrogens (tertiary/aromatic N) is 2. The van der Waals surface area contributed by atoms with Gasteiger partial charge in [-0.15, -0.1) is 0 Å². The van der Waals surface area contributed by atoms with Crippen LogP contribution < -0.4 is 15.0 Å². The van der Waals surface area contributed by atoms with Gasteiger partial charge in [0.2, 0.25) is 5.91 Å². The molecule has 0 spiro atoms. The quantitative estimate of drug-likeness (QED) is 0.634. The van der Waals surface area contributed by atoms with Gasteiger partial charge in [0.25, 0.3) is 5.56 Å². The standard InChI is InChI=1S/C22H25N3O4/c1-25(11-8-15-6-9-23-10-7-15)21(26)5-4-16-12-17-13-19(28-2)20(29-3)14-18(17)24-22(16)27/h6-7,9-10,12-14H,4-5,8,11H2,1-3H3,(H,24,27). The molecule has 0 saturated carbocycles. The maximum Gasteiger partial charge on any atom is 0.251 e. The predicted octanol–water partition coefficient (Wildman–Crippen LogP) is 2.57. The van der Waals surface area contributed by atoms with Crippen molar-refractivity contribution in [3.05, 3.63) is 64.2 Å².